The summed E-state index contributed by atoms with van der Waals surface area (Å²) in [5.74, 6) is -1.43. The van der Waals surface area contributed by atoms with Gasteiger partial charge in [-0.2, -0.15) is 0 Å². The zero-order valence-corrected chi connectivity index (χ0v) is 18.4. The Bertz CT molecular complexity index is 1140. The van der Waals surface area contributed by atoms with E-state index in [9.17, 15) is 14.0 Å². The summed E-state index contributed by atoms with van der Waals surface area (Å²) >= 11 is 5.89. The van der Waals surface area contributed by atoms with Crippen LogP contribution in [0.3, 0.4) is 0 Å². The Labute approximate surface area is 193 Å². The smallest absolute Gasteiger partial charge is 0.337 e. The number of methoxy groups -OCH3 is 1. The van der Waals surface area contributed by atoms with E-state index in [0.29, 0.717) is 12.4 Å². The van der Waals surface area contributed by atoms with Gasteiger partial charge in [-0.25, -0.2) is 14.2 Å². The number of carboxylic acids is 1. The summed E-state index contributed by atoms with van der Waals surface area (Å²) in [4.78, 5) is 27.7. The van der Waals surface area contributed by atoms with Crippen molar-refractivity contribution in [1.29, 1.82) is 0 Å². The molecule has 0 spiro atoms. The molecule has 0 saturated heterocycles. The molecule has 0 radical (unpaired) electrons. The highest BCUT2D eigenvalue weighted by Gasteiger charge is 2.15. The average molecular weight is 475 g/mol. The van der Waals surface area contributed by atoms with Gasteiger partial charge in [-0.1, -0.05) is 11.6 Å². The van der Waals surface area contributed by atoms with Crippen LogP contribution in [-0.4, -0.2) is 41.8 Å². The van der Waals surface area contributed by atoms with Crippen molar-refractivity contribution in [2.45, 2.75) is 13.0 Å². The Morgan fingerprint density at radius 2 is 1.82 bits per heavy atom. The highest BCUT2D eigenvalue weighted by Crippen LogP contribution is 2.30. The lowest BCUT2D eigenvalue weighted by atomic mass is 10.1. The van der Waals surface area contributed by atoms with Gasteiger partial charge in [-0.05, 0) is 43.3 Å². The largest absolute Gasteiger partial charge is 0.488 e. The highest BCUT2D eigenvalue weighted by atomic mass is 35.5. The lowest BCUT2D eigenvalue weighted by Gasteiger charge is -2.16. The molecule has 1 atom stereocenters. The number of aromatic carboxylic acids is 1. The number of pyridine rings is 1. The summed E-state index contributed by atoms with van der Waals surface area (Å²) in [5, 5.41) is 11.7. The van der Waals surface area contributed by atoms with Gasteiger partial charge >= 0.3 is 5.97 Å². The van der Waals surface area contributed by atoms with E-state index in [1.807, 2.05) is 0 Å². The predicted molar refractivity (Wildman–Crippen MR) is 119 cm³/mol. The Morgan fingerprint density at radius 3 is 2.45 bits per heavy atom. The van der Waals surface area contributed by atoms with E-state index in [0.717, 1.165) is 18.3 Å². The fraction of sp³-hybridized carbons (Fsp3) is 0.174. The van der Waals surface area contributed by atoms with Gasteiger partial charge < -0.3 is 24.6 Å². The van der Waals surface area contributed by atoms with Gasteiger partial charge in [0.05, 0.1) is 12.2 Å². The maximum absolute atomic E-state index is 13.7. The summed E-state index contributed by atoms with van der Waals surface area (Å²) in [7, 11) is 1.54. The summed E-state index contributed by atoms with van der Waals surface area (Å²) in [6, 6.07) is 10.9. The van der Waals surface area contributed by atoms with Crippen LogP contribution >= 0.6 is 11.6 Å². The molecular weight excluding hydrogens is 455 g/mol. The Balaban J connectivity index is 1.88. The minimum absolute atomic E-state index is 0.0139. The van der Waals surface area contributed by atoms with Crippen LogP contribution in [-0.2, 0) is 4.74 Å². The summed E-state index contributed by atoms with van der Waals surface area (Å²) < 4.78 is 30.3. The third-order valence-electron chi connectivity index (χ3n) is 4.20. The van der Waals surface area contributed by atoms with Crippen molar-refractivity contribution >= 4 is 29.3 Å². The molecule has 1 aromatic heterocycles. The van der Waals surface area contributed by atoms with Crippen molar-refractivity contribution < 1.29 is 33.3 Å². The predicted octanol–water partition coefficient (Wildman–Crippen LogP) is 5.03. The van der Waals surface area contributed by atoms with Gasteiger partial charge in [0.25, 0.3) is 5.91 Å². The summed E-state index contributed by atoms with van der Waals surface area (Å²) in [6.45, 7) is 2.10. The van der Waals surface area contributed by atoms with Crippen molar-refractivity contribution in [3.8, 4) is 17.2 Å². The number of aromatic nitrogens is 1. The van der Waals surface area contributed by atoms with Crippen LogP contribution in [0.2, 0.25) is 5.02 Å². The molecule has 0 bridgehead atoms. The van der Waals surface area contributed by atoms with E-state index < -0.39 is 17.7 Å². The Kier molecular flexibility index (Phi) is 7.81. The second-order valence-electron chi connectivity index (χ2n) is 6.98. The van der Waals surface area contributed by atoms with Crippen molar-refractivity contribution in [1.82, 2.24) is 4.98 Å². The normalized spacial score (nSPS) is 11.5. The SMILES string of the molecule is COC[C@H](C)Oc1cc(Oc2cc(F)cc(Cl)c2)cc(C(=O)Nc2ccc(C(=O)O)cn2)c1. The molecule has 8 nitrogen and oxygen atoms in total. The molecule has 1 amide bonds. The molecule has 0 aliphatic rings. The van der Waals surface area contributed by atoms with E-state index in [1.54, 1.807) is 13.0 Å². The topological polar surface area (TPSA) is 107 Å². The number of carboxylic acid groups (broad SMARTS) is 1. The van der Waals surface area contributed by atoms with Gasteiger partial charge in [0.2, 0.25) is 0 Å². The average Bonchev–Trinajstić information content (AvgIpc) is 2.73. The molecule has 1 heterocycles. The third-order valence-corrected chi connectivity index (χ3v) is 4.42. The molecule has 10 heteroatoms. The van der Waals surface area contributed by atoms with E-state index in [2.05, 4.69) is 10.3 Å². The van der Waals surface area contributed by atoms with Crippen molar-refractivity contribution in [2.24, 2.45) is 0 Å². The Hall–Kier alpha value is -3.69. The van der Waals surface area contributed by atoms with Gasteiger partial charge in [0, 0.05) is 36.0 Å². The molecule has 3 rings (SSSR count). The first kappa shape index (κ1) is 24.0. The summed E-state index contributed by atoms with van der Waals surface area (Å²) in [5.41, 5.74) is 0.152. The maximum Gasteiger partial charge on any atom is 0.337 e. The number of hydrogen-bond donors (Lipinski definition) is 2. The fourth-order valence-electron chi connectivity index (χ4n) is 2.84. The van der Waals surface area contributed by atoms with E-state index in [4.69, 9.17) is 30.9 Å². The quantitative estimate of drug-likeness (QED) is 0.448. The zero-order chi connectivity index (χ0) is 24.0. The van der Waals surface area contributed by atoms with Crippen molar-refractivity contribution in [2.75, 3.05) is 19.0 Å². The van der Waals surface area contributed by atoms with Gasteiger partial charge in [-0.3, -0.25) is 4.79 Å². The lowest BCUT2D eigenvalue weighted by Crippen LogP contribution is -2.19. The molecular formula is C23H20ClFN2O6. The monoisotopic (exact) mass is 474 g/mol. The third kappa shape index (κ3) is 6.90. The van der Waals surface area contributed by atoms with Crippen LogP contribution in [0.4, 0.5) is 10.2 Å². The number of anilines is 1. The molecule has 0 aliphatic carbocycles. The zero-order valence-electron chi connectivity index (χ0n) is 17.7. The molecule has 3 aromatic rings. The first-order valence-electron chi connectivity index (χ1n) is 9.69. The van der Waals surface area contributed by atoms with Crippen LogP contribution in [0.1, 0.15) is 27.6 Å². The molecule has 0 unspecified atom stereocenters. The number of nitrogens with one attached hydrogen (secondary N) is 1. The first-order chi connectivity index (χ1) is 15.7. The van der Waals surface area contributed by atoms with Crippen LogP contribution in [0.25, 0.3) is 0 Å². The molecule has 0 aliphatic heterocycles. The number of nitrogens with zero attached hydrogens (tertiary/aromatic N) is 1. The second-order valence-corrected chi connectivity index (χ2v) is 7.41. The fourth-order valence-corrected chi connectivity index (χ4v) is 3.05. The lowest BCUT2D eigenvalue weighted by molar-refractivity contribution is 0.0696. The van der Waals surface area contributed by atoms with E-state index in [1.165, 1.54) is 37.4 Å². The second kappa shape index (κ2) is 10.8. The number of amides is 1. The number of benzene rings is 2. The molecule has 0 saturated carbocycles. The number of rotatable bonds is 9. The van der Waals surface area contributed by atoms with Crippen LogP contribution in [0.5, 0.6) is 17.2 Å². The number of ether oxygens (including phenoxy) is 3. The first-order valence-corrected chi connectivity index (χ1v) is 10.1. The number of carbonyl (C=O) groups excluding carboxylic acids is 1. The highest BCUT2D eigenvalue weighted by molar-refractivity contribution is 6.30. The minimum Gasteiger partial charge on any atom is -0.488 e. The molecule has 0 fully saturated rings. The molecule has 172 valence electrons. The summed E-state index contributed by atoms with van der Waals surface area (Å²) in [6.07, 6.45) is 0.807. The van der Waals surface area contributed by atoms with Crippen molar-refractivity contribution in [3.63, 3.8) is 0 Å². The van der Waals surface area contributed by atoms with Gasteiger partial charge in [0.15, 0.2) is 0 Å². The van der Waals surface area contributed by atoms with Crippen LogP contribution < -0.4 is 14.8 Å². The molecule has 33 heavy (non-hydrogen) atoms. The standard InChI is InChI=1S/C23H20ClFN2O6/c1-13(12-31-2)32-18-5-15(22(28)27-21-4-3-14(11-26-21)23(29)30)6-19(10-18)33-20-8-16(24)7-17(25)9-20/h3-11,13H,12H2,1-2H3,(H,29,30)(H,26,27,28)/t13-/m0/s1. The van der Waals surface area contributed by atoms with Gasteiger partial charge in [0.1, 0.15) is 35.0 Å². The molecule has 2 aromatic carbocycles. The van der Waals surface area contributed by atoms with E-state index >= 15 is 0 Å². The minimum atomic E-state index is -1.13. The van der Waals surface area contributed by atoms with Crippen LogP contribution in [0, 0.1) is 5.82 Å². The van der Waals surface area contributed by atoms with E-state index in [-0.39, 0.29) is 39.6 Å². The van der Waals surface area contributed by atoms with Crippen LogP contribution in [0.15, 0.2) is 54.7 Å². The Morgan fingerprint density at radius 1 is 1.09 bits per heavy atom. The maximum atomic E-state index is 13.7. The number of halogens is 2. The van der Waals surface area contributed by atoms with Crippen molar-refractivity contribution in [3.05, 3.63) is 76.7 Å². The van der Waals surface area contributed by atoms with Gasteiger partial charge in [-0.15, -0.1) is 0 Å². The molecule has 2 N–H and O–H groups in total. The number of hydrogen-bond acceptors (Lipinski definition) is 6. The number of carbonyl (C=O) groups is 2.